The number of aromatic nitrogens is 2. The van der Waals surface area contributed by atoms with E-state index >= 15 is 0 Å². The molecule has 0 bridgehead atoms. The number of rotatable bonds is 2. The van der Waals surface area contributed by atoms with E-state index in [0.717, 1.165) is 16.1 Å². The molecule has 0 aliphatic rings. The Morgan fingerprint density at radius 2 is 2.00 bits per heavy atom. The van der Waals surface area contributed by atoms with E-state index < -0.39 is 0 Å². The standard InChI is InChI=1S/C14H19N3OS/c1-8-6-10(19-9(8)2)13(18)15-12-7-11(16-17-12)14(3,4)5/h6-7H,1-5H3,(H2,15,16,17,18). The van der Waals surface area contributed by atoms with Crippen molar-refractivity contribution in [3.05, 3.63) is 33.1 Å². The molecule has 19 heavy (non-hydrogen) atoms. The van der Waals surface area contributed by atoms with Gasteiger partial charge in [-0.3, -0.25) is 9.89 Å². The Hall–Kier alpha value is -1.62. The van der Waals surface area contributed by atoms with Gasteiger partial charge in [-0.2, -0.15) is 5.10 Å². The number of carbonyl (C=O) groups excluding carboxylic acids is 1. The van der Waals surface area contributed by atoms with Crippen molar-refractivity contribution in [2.45, 2.75) is 40.0 Å². The number of nitrogens with one attached hydrogen (secondary N) is 2. The number of anilines is 1. The van der Waals surface area contributed by atoms with Crippen LogP contribution in [0.1, 0.15) is 46.6 Å². The zero-order valence-electron chi connectivity index (χ0n) is 11.9. The fourth-order valence-corrected chi connectivity index (χ4v) is 2.56. The van der Waals surface area contributed by atoms with Crippen LogP contribution in [0.25, 0.3) is 0 Å². The van der Waals surface area contributed by atoms with E-state index in [1.165, 1.54) is 16.2 Å². The first-order chi connectivity index (χ1) is 8.77. The second-order valence-corrected chi connectivity index (χ2v) is 6.98. The van der Waals surface area contributed by atoms with Gasteiger partial charge >= 0.3 is 0 Å². The minimum Gasteiger partial charge on any atom is -0.304 e. The van der Waals surface area contributed by atoms with E-state index in [-0.39, 0.29) is 11.3 Å². The van der Waals surface area contributed by atoms with E-state index in [4.69, 9.17) is 0 Å². The van der Waals surface area contributed by atoms with Gasteiger partial charge < -0.3 is 5.32 Å². The number of thiophene rings is 1. The molecular formula is C14H19N3OS. The van der Waals surface area contributed by atoms with E-state index in [1.54, 1.807) is 0 Å². The Kier molecular flexibility index (Phi) is 3.49. The minimum atomic E-state index is -0.104. The Morgan fingerprint density at radius 1 is 1.32 bits per heavy atom. The zero-order chi connectivity index (χ0) is 14.2. The molecule has 0 aromatic carbocycles. The predicted molar refractivity (Wildman–Crippen MR) is 79.0 cm³/mol. The molecule has 5 heteroatoms. The lowest BCUT2D eigenvalue weighted by molar-refractivity contribution is 0.103. The number of amides is 1. The van der Waals surface area contributed by atoms with E-state index in [0.29, 0.717) is 5.82 Å². The highest BCUT2D eigenvalue weighted by molar-refractivity contribution is 7.14. The zero-order valence-corrected chi connectivity index (χ0v) is 12.7. The summed E-state index contributed by atoms with van der Waals surface area (Å²) in [7, 11) is 0. The summed E-state index contributed by atoms with van der Waals surface area (Å²) in [6, 6.07) is 3.79. The van der Waals surface area contributed by atoms with Crippen LogP contribution in [0.4, 0.5) is 5.82 Å². The summed E-state index contributed by atoms with van der Waals surface area (Å²) >= 11 is 1.50. The lowest BCUT2D eigenvalue weighted by Crippen LogP contribution is -2.11. The number of nitrogens with zero attached hydrogens (tertiary/aromatic N) is 1. The topological polar surface area (TPSA) is 57.8 Å². The van der Waals surface area contributed by atoms with Crippen LogP contribution in [0.5, 0.6) is 0 Å². The van der Waals surface area contributed by atoms with E-state index in [9.17, 15) is 4.79 Å². The largest absolute Gasteiger partial charge is 0.304 e. The molecule has 0 aliphatic heterocycles. The van der Waals surface area contributed by atoms with Gasteiger partial charge in [0, 0.05) is 22.1 Å². The van der Waals surface area contributed by atoms with Gasteiger partial charge in [0.25, 0.3) is 5.91 Å². The molecule has 0 atom stereocenters. The molecule has 0 fully saturated rings. The fourth-order valence-electron chi connectivity index (χ4n) is 1.63. The number of aromatic amines is 1. The van der Waals surface area contributed by atoms with Crippen molar-refractivity contribution in [3.8, 4) is 0 Å². The van der Waals surface area contributed by atoms with Crippen LogP contribution in [0.15, 0.2) is 12.1 Å². The molecule has 2 rings (SSSR count). The third-order valence-corrected chi connectivity index (χ3v) is 4.17. The Balaban J connectivity index is 2.13. The Labute approximate surface area is 117 Å². The van der Waals surface area contributed by atoms with Crippen LogP contribution in [-0.4, -0.2) is 16.1 Å². The average molecular weight is 277 g/mol. The molecule has 0 unspecified atom stereocenters. The molecule has 0 spiro atoms. The molecular weight excluding hydrogens is 258 g/mol. The molecule has 102 valence electrons. The maximum Gasteiger partial charge on any atom is 0.266 e. The van der Waals surface area contributed by atoms with Crippen LogP contribution < -0.4 is 5.32 Å². The summed E-state index contributed by atoms with van der Waals surface area (Å²) in [5.74, 6) is 0.465. The van der Waals surface area contributed by atoms with Gasteiger partial charge in [-0.1, -0.05) is 20.8 Å². The minimum absolute atomic E-state index is 0.00785. The summed E-state index contributed by atoms with van der Waals surface area (Å²) in [6.07, 6.45) is 0. The van der Waals surface area contributed by atoms with Crippen molar-refractivity contribution >= 4 is 23.1 Å². The lowest BCUT2D eigenvalue weighted by Gasteiger charge is -2.14. The van der Waals surface area contributed by atoms with Gasteiger partial charge in [-0.05, 0) is 25.5 Å². The first-order valence-electron chi connectivity index (χ1n) is 6.21. The number of H-pyrrole nitrogens is 1. The quantitative estimate of drug-likeness (QED) is 0.880. The molecule has 1 amide bonds. The first-order valence-corrected chi connectivity index (χ1v) is 7.03. The van der Waals surface area contributed by atoms with Crippen LogP contribution in [0.3, 0.4) is 0 Å². The van der Waals surface area contributed by atoms with Gasteiger partial charge in [-0.25, -0.2) is 0 Å². The highest BCUT2D eigenvalue weighted by Crippen LogP contribution is 2.24. The summed E-state index contributed by atoms with van der Waals surface area (Å²) < 4.78 is 0. The second kappa shape index (κ2) is 4.81. The number of carbonyl (C=O) groups is 1. The number of aryl methyl sites for hydroxylation is 2. The maximum absolute atomic E-state index is 12.1. The normalized spacial score (nSPS) is 11.6. The lowest BCUT2D eigenvalue weighted by atomic mass is 9.92. The average Bonchev–Trinajstić information content (AvgIpc) is 2.86. The van der Waals surface area contributed by atoms with Gasteiger partial charge in [0.1, 0.15) is 0 Å². The van der Waals surface area contributed by atoms with Crippen molar-refractivity contribution < 1.29 is 4.79 Å². The summed E-state index contributed by atoms with van der Waals surface area (Å²) in [5.41, 5.74) is 2.14. The highest BCUT2D eigenvalue weighted by Gasteiger charge is 2.18. The monoisotopic (exact) mass is 277 g/mol. The smallest absolute Gasteiger partial charge is 0.266 e. The number of hydrogen-bond acceptors (Lipinski definition) is 3. The third kappa shape index (κ3) is 3.04. The van der Waals surface area contributed by atoms with Crippen LogP contribution in [0.2, 0.25) is 0 Å². The molecule has 4 nitrogen and oxygen atoms in total. The van der Waals surface area contributed by atoms with Crippen LogP contribution >= 0.6 is 11.3 Å². The molecule has 2 aromatic heterocycles. The summed E-state index contributed by atoms with van der Waals surface area (Å²) in [5, 5.41) is 9.90. The SMILES string of the molecule is Cc1cc(C(=O)Nc2cc(C(C)(C)C)[nH]n2)sc1C. The Morgan fingerprint density at radius 3 is 2.47 bits per heavy atom. The Bertz CT molecular complexity index is 585. The third-order valence-electron chi connectivity index (χ3n) is 3.02. The second-order valence-electron chi connectivity index (χ2n) is 5.72. The molecule has 2 N–H and O–H groups in total. The van der Waals surface area contributed by atoms with Crippen LogP contribution in [0, 0.1) is 13.8 Å². The molecule has 2 aromatic rings. The van der Waals surface area contributed by atoms with E-state index in [1.807, 2.05) is 26.0 Å². The molecule has 0 radical (unpaired) electrons. The maximum atomic E-state index is 12.1. The molecule has 0 saturated heterocycles. The van der Waals surface area contributed by atoms with Crippen molar-refractivity contribution in [1.29, 1.82) is 0 Å². The van der Waals surface area contributed by atoms with Gasteiger partial charge in [0.05, 0.1) is 4.88 Å². The molecule has 0 saturated carbocycles. The fraction of sp³-hybridized carbons (Fsp3) is 0.429. The first kappa shape index (κ1) is 13.8. The van der Waals surface area contributed by atoms with Crippen molar-refractivity contribution in [2.75, 3.05) is 5.32 Å². The summed E-state index contributed by atoms with van der Waals surface area (Å²) in [6.45, 7) is 10.3. The van der Waals surface area contributed by atoms with Gasteiger partial charge in [-0.15, -0.1) is 11.3 Å². The van der Waals surface area contributed by atoms with Crippen molar-refractivity contribution in [1.82, 2.24) is 10.2 Å². The van der Waals surface area contributed by atoms with Crippen molar-refractivity contribution in [2.24, 2.45) is 0 Å². The highest BCUT2D eigenvalue weighted by atomic mass is 32.1. The van der Waals surface area contributed by atoms with Crippen LogP contribution in [-0.2, 0) is 5.41 Å². The predicted octanol–water partition coefficient (Wildman–Crippen LogP) is 3.64. The molecule has 2 heterocycles. The van der Waals surface area contributed by atoms with Gasteiger partial charge in [0.2, 0.25) is 0 Å². The van der Waals surface area contributed by atoms with Gasteiger partial charge in [0.15, 0.2) is 5.82 Å². The summed E-state index contributed by atoms with van der Waals surface area (Å²) in [4.78, 5) is 14.0. The van der Waals surface area contributed by atoms with E-state index in [2.05, 4.69) is 36.3 Å². The number of hydrogen-bond donors (Lipinski definition) is 2. The molecule has 0 aliphatic carbocycles. The van der Waals surface area contributed by atoms with Crippen molar-refractivity contribution in [3.63, 3.8) is 0 Å².